The van der Waals surface area contributed by atoms with Crippen LogP contribution in [0, 0.1) is 5.82 Å². The molecule has 1 atom stereocenters. The monoisotopic (exact) mass is 378 g/mol. The van der Waals surface area contributed by atoms with Crippen LogP contribution < -0.4 is 5.32 Å². The third-order valence-electron chi connectivity index (χ3n) is 5.22. The van der Waals surface area contributed by atoms with E-state index in [1.807, 2.05) is 0 Å². The molecule has 0 aromatic heterocycles. The van der Waals surface area contributed by atoms with Gasteiger partial charge in [-0.05, 0) is 6.07 Å². The van der Waals surface area contributed by atoms with Gasteiger partial charge in [0.25, 0.3) is 0 Å². The maximum Gasteiger partial charge on any atom is 0.240 e. The summed E-state index contributed by atoms with van der Waals surface area (Å²) in [6.45, 7) is 4.73. The summed E-state index contributed by atoms with van der Waals surface area (Å²) in [6, 6.07) is 5.88. The molecule has 2 aliphatic heterocycles. The van der Waals surface area contributed by atoms with Crippen LogP contribution >= 0.6 is 0 Å². The number of nitrogens with zero attached hydrogens (tertiary/aromatic N) is 3. The minimum absolute atomic E-state index is 0.0442. The number of hydrogen-bond donors (Lipinski definition) is 2. The SMILES string of the molecule is O=C(CC1NCCN(Cc2ccccc2F)C1=O)N1CCN(CCO)CC1. The molecule has 2 fully saturated rings. The van der Waals surface area contributed by atoms with E-state index in [0.29, 0.717) is 38.3 Å². The van der Waals surface area contributed by atoms with E-state index < -0.39 is 6.04 Å². The highest BCUT2D eigenvalue weighted by molar-refractivity contribution is 5.89. The van der Waals surface area contributed by atoms with Gasteiger partial charge >= 0.3 is 0 Å². The third-order valence-corrected chi connectivity index (χ3v) is 5.22. The van der Waals surface area contributed by atoms with Crippen LogP contribution in [-0.2, 0) is 16.1 Å². The van der Waals surface area contributed by atoms with Gasteiger partial charge in [-0.15, -0.1) is 0 Å². The maximum atomic E-state index is 13.9. The Morgan fingerprint density at radius 3 is 2.63 bits per heavy atom. The van der Waals surface area contributed by atoms with Gasteiger partial charge in [0.1, 0.15) is 5.82 Å². The van der Waals surface area contributed by atoms with Crippen LogP contribution in [-0.4, -0.2) is 90.1 Å². The number of β-amino-alcohol motifs (C(OH)–C–C–N with tert-alkyl or cyclic N) is 1. The van der Waals surface area contributed by atoms with Crippen LogP contribution in [0.2, 0.25) is 0 Å². The number of benzene rings is 1. The lowest BCUT2D eigenvalue weighted by molar-refractivity contribution is -0.142. The first kappa shape index (κ1) is 19.7. The normalized spacial score (nSPS) is 21.6. The van der Waals surface area contributed by atoms with Crippen molar-refractivity contribution in [3.05, 3.63) is 35.6 Å². The van der Waals surface area contributed by atoms with E-state index in [2.05, 4.69) is 10.2 Å². The molecule has 3 rings (SSSR count). The van der Waals surface area contributed by atoms with Crippen LogP contribution in [0.4, 0.5) is 4.39 Å². The van der Waals surface area contributed by atoms with E-state index in [-0.39, 0.29) is 37.2 Å². The summed E-state index contributed by atoms with van der Waals surface area (Å²) in [5.74, 6) is -0.522. The van der Waals surface area contributed by atoms with Crippen molar-refractivity contribution in [2.75, 3.05) is 52.4 Å². The Labute approximate surface area is 158 Å². The van der Waals surface area contributed by atoms with Gasteiger partial charge in [-0.3, -0.25) is 14.5 Å². The largest absolute Gasteiger partial charge is 0.395 e. The average molecular weight is 378 g/mol. The van der Waals surface area contributed by atoms with Crippen molar-refractivity contribution in [2.24, 2.45) is 0 Å². The number of halogens is 1. The Kier molecular flexibility index (Phi) is 6.76. The number of carbonyl (C=O) groups is 2. The highest BCUT2D eigenvalue weighted by Crippen LogP contribution is 2.14. The molecule has 0 spiro atoms. The molecule has 2 N–H and O–H groups in total. The lowest BCUT2D eigenvalue weighted by atomic mass is 10.1. The summed E-state index contributed by atoms with van der Waals surface area (Å²) in [7, 11) is 0. The number of carbonyl (C=O) groups excluding carboxylic acids is 2. The van der Waals surface area contributed by atoms with Crippen molar-refractivity contribution in [1.29, 1.82) is 0 Å². The summed E-state index contributed by atoms with van der Waals surface area (Å²) in [5.41, 5.74) is 0.484. The number of amides is 2. The van der Waals surface area contributed by atoms with Crippen molar-refractivity contribution >= 4 is 11.8 Å². The molecular formula is C19H27FN4O3. The zero-order valence-corrected chi connectivity index (χ0v) is 15.4. The van der Waals surface area contributed by atoms with Gasteiger partial charge in [-0.2, -0.15) is 0 Å². The molecule has 1 unspecified atom stereocenters. The van der Waals surface area contributed by atoms with Crippen LogP contribution in [0.5, 0.6) is 0 Å². The minimum Gasteiger partial charge on any atom is -0.395 e. The molecule has 7 nitrogen and oxygen atoms in total. The molecule has 2 aliphatic rings. The predicted molar refractivity (Wildman–Crippen MR) is 98.3 cm³/mol. The summed E-state index contributed by atoms with van der Waals surface area (Å²) in [5, 5.41) is 12.1. The fourth-order valence-corrected chi connectivity index (χ4v) is 3.61. The zero-order valence-electron chi connectivity index (χ0n) is 15.4. The van der Waals surface area contributed by atoms with Gasteiger partial charge in [0.05, 0.1) is 19.1 Å². The van der Waals surface area contributed by atoms with Crippen LogP contribution in [0.1, 0.15) is 12.0 Å². The minimum atomic E-state index is -0.562. The van der Waals surface area contributed by atoms with E-state index in [4.69, 9.17) is 5.11 Å². The third kappa shape index (κ3) is 5.03. The van der Waals surface area contributed by atoms with Crippen molar-refractivity contribution in [1.82, 2.24) is 20.0 Å². The van der Waals surface area contributed by atoms with E-state index in [1.54, 1.807) is 28.0 Å². The van der Waals surface area contributed by atoms with Crippen molar-refractivity contribution in [2.45, 2.75) is 19.0 Å². The molecule has 1 aromatic rings. The second-order valence-electron chi connectivity index (χ2n) is 7.01. The van der Waals surface area contributed by atoms with E-state index in [1.165, 1.54) is 6.07 Å². The molecule has 1 aromatic carbocycles. The molecule has 0 bridgehead atoms. The summed E-state index contributed by atoms with van der Waals surface area (Å²) in [4.78, 5) is 30.8. The number of aliphatic hydroxyl groups is 1. The second-order valence-corrected chi connectivity index (χ2v) is 7.01. The number of hydrogen-bond acceptors (Lipinski definition) is 5. The Hall–Kier alpha value is -2.03. The fourth-order valence-electron chi connectivity index (χ4n) is 3.61. The van der Waals surface area contributed by atoms with Crippen LogP contribution in [0.3, 0.4) is 0 Å². The van der Waals surface area contributed by atoms with Crippen molar-refractivity contribution < 1.29 is 19.1 Å². The average Bonchev–Trinajstić information content (AvgIpc) is 2.67. The quantitative estimate of drug-likeness (QED) is 0.708. The Morgan fingerprint density at radius 2 is 1.93 bits per heavy atom. The standard InChI is InChI=1S/C19H27FN4O3/c20-16-4-2-1-3-15(16)14-24-6-5-21-17(19(24)27)13-18(26)23-9-7-22(8-10-23)11-12-25/h1-4,17,21,25H,5-14H2. The Morgan fingerprint density at radius 1 is 1.19 bits per heavy atom. The molecule has 2 amide bonds. The fraction of sp³-hybridized carbons (Fsp3) is 0.579. The lowest BCUT2D eigenvalue weighted by Gasteiger charge is -2.37. The molecule has 2 heterocycles. The first-order chi connectivity index (χ1) is 13.1. The summed E-state index contributed by atoms with van der Waals surface area (Å²) < 4.78 is 13.9. The van der Waals surface area contributed by atoms with Crippen LogP contribution in [0.25, 0.3) is 0 Å². The van der Waals surface area contributed by atoms with E-state index in [9.17, 15) is 14.0 Å². The lowest BCUT2D eigenvalue weighted by Crippen LogP contribution is -2.57. The molecule has 0 aliphatic carbocycles. The zero-order chi connectivity index (χ0) is 19.2. The van der Waals surface area contributed by atoms with Gasteiger partial charge in [-0.25, -0.2) is 4.39 Å². The topological polar surface area (TPSA) is 76.1 Å². The van der Waals surface area contributed by atoms with Gasteiger partial charge in [-0.1, -0.05) is 18.2 Å². The molecule has 0 saturated carbocycles. The Balaban J connectivity index is 1.53. The van der Waals surface area contributed by atoms with Gasteiger partial charge in [0.15, 0.2) is 0 Å². The second kappa shape index (κ2) is 9.25. The smallest absolute Gasteiger partial charge is 0.240 e. The highest BCUT2D eigenvalue weighted by Gasteiger charge is 2.32. The molecule has 148 valence electrons. The van der Waals surface area contributed by atoms with E-state index in [0.717, 1.165) is 13.1 Å². The first-order valence-electron chi connectivity index (χ1n) is 9.45. The summed E-state index contributed by atoms with van der Waals surface area (Å²) >= 11 is 0. The van der Waals surface area contributed by atoms with Gasteiger partial charge < -0.3 is 20.2 Å². The summed E-state index contributed by atoms with van der Waals surface area (Å²) in [6.07, 6.45) is 0.118. The molecule has 2 saturated heterocycles. The number of aliphatic hydroxyl groups excluding tert-OH is 1. The first-order valence-corrected chi connectivity index (χ1v) is 9.45. The number of piperazine rings is 2. The molecule has 0 radical (unpaired) electrons. The number of nitrogens with one attached hydrogen (secondary N) is 1. The highest BCUT2D eigenvalue weighted by atomic mass is 19.1. The van der Waals surface area contributed by atoms with E-state index >= 15 is 0 Å². The number of rotatable bonds is 6. The maximum absolute atomic E-state index is 13.9. The van der Waals surface area contributed by atoms with Gasteiger partial charge in [0.2, 0.25) is 11.8 Å². The Bertz CT molecular complexity index is 664. The molecular weight excluding hydrogens is 351 g/mol. The molecule has 8 heteroatoms. The molecule has 27 heavy (non-hydrogen) atoms. The van der Waals surface area contributed by atoms with Crippen LogP contribution in [0.15, 0.2) is 24.3 Å². The predicted octanol–water partition coefficient (Wildman–Crippen LogP) is -0.347. The van der Waals surface area contributed by atoms with Crippen molar-refractivity contribution in [3.8, 4) is 0 Å². The van der Waals surface area contributed by atoms with Gasteiger partial charge in [0, 0.05) is 57.9 Å². The van der Waals surface area contributed by atoms with Crippen molar-refractivity contribution in [3.63, 3.8) is 0 Å².